The number of anilines is 1. The quantitative estimate of drug-likeness (QED) is 0.296. The normalized spacial score (nSPS) is 14.6. The molecule has 1 N–H and O–H groups in total. The highest BCUT2D eigenvalue weighted by Gasteiger charge is 2.47. The highest BCUT2D eigenvalue weighted by molar-refractivity contribution is 6.04. The van der Waals surface area contributed by atoms with Crippen LogP contribution in [0, 0.1) is 0 Å². The number of pyridine rings is 1. The number of benzene rings is 1. The maximum Gasteiger partial charge on any atom is 0.355 e. The Morgan fingerprint density at radius 3 is 2.71 bits per heavy atom. The molecule has 1 atom stereocenters. The molecule has 1 aliphatic carbocycles. The molecule has 0 saturated heterocycles. The molecule has 10 nitrogen and oxygen atoms in total. The number of rotatable bonds is 8. The van der Waals surface area contributed by atoms with E-state index in [0.717, 1.165) is 20.0 Å². The number of halogens is 3. The number of amides is 1. The standard InChI is InChI=1S/C22H19F3N8O2/c1-35-22(33(23,24)25)18-11-31(12-26-18)16-5-2-4-14(10-16)21(34)29-19-7-3-6-17(28-19)20-30-27-13-32(20)15-8-9-15/h2-7,10-13,15,22H,8-9H2,1H3/p+1. The number of carbonyl (C=O) groups is 1. The summed E-state index contributed by atoms with van der Waals surface area (Å²) in [6, 6.07) is 12.0. The maximum atomic E-state index is 13.1. The zero-order valence-electron chi connectivity index (χ0n) is 18.4. The van der Waals surface area contributed by atoms with Crippen molar-refractivity contribution in [2.75, 3.05) is 12.4 Å². The van der Waals surface area contributed by atoms with Crippen LogP contribution in [0.15, 0.2) is 61.3 Å². The van der Waals surface area contributed by atoms with Crippen LogP contribution in [0.3, 0.4) is 0 Å². The highest BCUT2D eigenvalue weighted by Crippen LogP contribution is 2.37. The average Bonchev–Trinajstić information content (AvgIpc) is 3.36. The summed E-state index contributed by atoms with van der Waals surface area (Å²) in [5, 5.41) is 6.96. The summed E-state index contributed by atoms with van der Waals surface area (Å²) >= 11 is 0. The Bertz CT molecular complexity index is 1360. The van der Waals surface area contributed by atoms with Crippen LogP contribution in [-0.2, 0) is 4.74 Å². The third kappa shape index (κ3) is 4.76. The minimum Gasteiger partial charge on any atom is -0.319 e. The van der Waals surface area contributed by atoms with E-state index in [1.807, 2.05) is 4.57 Å². The van der Waals surface area contributed by atoms with Crippen LogP contribution >= 0.6 is 0 Å². The third-order valence-electron chi connectivity index (χ3n) is 5.48. The fourth-order valence-electron chi connectivity index (χ4n) is 3.67. The van der Waals surface area contributed by atoms with E-state index in [4.69, 9.17) is 0 Å². The van der Waals surface area contributed by atoms with Crippen molar-refractivity contribution in [1.29, 1.82) is 0 Å². The summed E-state index contributed by atoms with van der Waals surface area (Å²) in [7, 11) is 0.958. The second kappa shape index (κ2) is 8.92. The minimum absolute atomic E-state index is 0.293. The van der Waals surface area contributed by atoms with Crippen LogP contribution < -0.4 is 5.32 Å². The third-order valence-corrected chi connectivity index (χ3v) is 5.48. The number of aromatic nitrogens is 6. The van der Waals surface area contributed by atoms with Gasteiger partial charge in [0.2, 0.25) is 0 Å². The molecule has 5 rings (SSSR count). The van der Waals surface area contributed by atoms with E-state index in [-0.39, 0.29) is 5.69 Å². The molecule has 1 unspecified atom stereocenters. The van der Waals surface area contributed by atoms with Gasteiger partial charge in [-0.25, -0.2) is 9.97 Å². The van der Waals surface area contributed by atoms with E-state index in [1.54, 1.807) is 48.8 Å². The van der Waals surface area contributed by atoms with Crippen molar-refractivity contribution in [1.82, 2.24) is 29.3 Å². The van der Waals surface area contributed by atoms with E-state index in [1.165, 1.54) is 17.1 Å². The van der Waals surface area contributed by atoms with Gasteiger partial charge in [-0.1, -0.05) is 12.1 Å². The molecule has 0 radical (unpaired) electrons. The molecule has 1 aliphatic rings. The number of carbonyl (C=O) groups excluding carboxylic acids is 1. The molecule has 35 heavy (non-hydrogen) atoms. The highest BCUT2D eigenvalue weighted by atomic mass is 19.6. The van der Waals surface area contributed by atoms with Gasteiger partial charge in [0.1, 0.15) is 17.8 Å². The lowest BCUT2D eigenvalue weighted by Gasteiger charge is -2.10. The molecular formula is C22H20F3N8O2+. The van der Waals surface area contributed by atoms with Gasteiger partial charge in [-0.05, 0) is 43.2 Å². The van der Waals surface area contributed by atoms with Crippen LogP contribution in [0.25, 0.3) is 17.2 Å². The molecule has 0 aliphatic heterocycles. The molecule has 1 aromatic carbocycles. The number of imidazole rings is 1. The first-order valence-corrected chi connectivity index (χ1v) is 10.7. The predicted octanol–water partition coefficient (Wildman–Crippen LogP) is 4.23. The maximum absolute atomic E-state index is 13.1. The number of hydrogen-bond acceptors (Lipinski definition) is 6. The van der Waals surface area contributed by atoms with Crippen LogP contribution in [0.2, 0.25) is 0 Å². The molecule has 1 fully saturated rings. The first-order chi connectivity index (χ1) is 16.8. The molecule has 0 bridgehead atoms. The molecule has 1 saturated carbocycles. The Hall–Kier alpha value is -4.10. The number of hydrogen-bond donors (Lipinski definition) is 1. The first-order valence-electron chi connectivity index (χ1n) is 10.7. The van der Waals surface area contributed by atoms with Crippen molar-refractivity contribution in [3.8, 4) is 17.2 Å². The molecule has 3 heterocycles. The number of methoxy groups -OCH3 is 1. The summed E-state index contributed by atoms with van der Waals surface area (Å²) < 4.78 is 47.1. The summed E-state index contributed by atoms with van der Waals surface area (Å²) in [5.41, 5.74) is 1.03. The Labute approximate surface area is 197 Å². The molecular weight excluding hydrogens is 465 g/mol. The molecule has 0 spiro atoms. The second-order valence-corrected chi connectivity index (χ2v) is 7.98. The lowest BCUT2D eigenvalue weighted by Crippen LogP contribution is -2.27. The van der Waals surface area contributed by atoms with Gasteiger partial charge < -0.3 is 19.2 Å². The number of ether oxygens (including phenoxy) is 1. The van der Waals surface area contributed by atoms with Gasteiger partial charge in [0.25, 0.3) is 11.1 Å². The summed E-state index contributed by atoms with van der Waals surface area (Å²) in [5.74, 6) is 0.537. The topological polar surface area (TPSA) is 99.8 Å². The van der Waals surface area contributed by atoms with Gasteiger partial charge in [0.05, 0.1) is 19.8 Å². The zero-order valence-corrected chi connectivity index (χ0v) is 18.4. The predicted molar refractivity (Wildman–Crippen MR) is 116 cm³/mol. The van der Waals surface area contributed by atoms with Crippen LogP contribution in [-0.4, -0.2) is 47.5 Å². The Kier molecular flexibility index (Phi) is 5.78. The van der Waals surface area contributed by atoms with Crippen molar-refractivity contribution < 1.29 is 28.1 Å². The Balaban J connectivity index is 1.34. The van der Waals surface area contributed by atoms with Gasteiger partial charge in [0.15, 0.2) is 11.5 Å². The van der Waals surface area contributed by atoms with Crippen LogP contribution in [0.5, 0.6) is 0 Å². The van der Waals surface area contributed by atoms with Gasteiger partial charge in [-0.15, -0.1) is 10.2 Å². The molecule has 13 heteroatoms. The number of quaternary nitrogens is 1. The van der Waals surface area contributed by atoms with Crippen molar-refractivity contribution >= 4 is 11.7 Å². The van der Waals surface area contributed by atoms with E-state index < -0.39 is 17.3 Å². The lowest BCUT2D eigenvalue weighted by molar-refractivity contribution is -1.30. The summed E-state index contributed by atoms with van der Waals surface area (Å²) in [4.78, 5) is 21.2. The van der Waals surface area contributed by atoms with E-state index in [0.29, 0.717) is 34.6 Å². The van der Waals surface area contributed by atoms with E-state index in [9.17, 15) is 18.2 Å². The average molecular weight is 485 g/mol. The van der Waals surface area contributed by atoms with Crippen LogP contribution in [0.4, 0.5) is 19.3 Å². The fraction of sp³-hybridized carbons (Fsp3) is 0.227. The van der Waals surface area contributed by atoms with Crippen molar-refractivity contribution in [2.24, 2.45) is 0 Å². The largest absolute Gasteiger partial charge is 0.355 e. The molecule has 3 aromatic heterocycles. The molecule has 4 aromatic rings. The molecule has 1 amide bonds. The Morgan fingerprint density at radius 2 is 1.97 bits per heavy atom. The monoisotopic (exact) mass is 485 g/mol. The number of nitrogens with one attached hydrogen (secondary N) is 1. The van der Waals surface area contributed by atoms with Gasteiger partial charge >= 0.3 is 6.23 Å². The van der Waals surface area contributed by atoms with Crippen molar-refractivity contribution in [2.45, 2.75) is 25.1 Å². The van der Waals surface area contributed by atoms with E-state index in [2.05, 4.69) is 30.2 Å². The molecule has 180 valence electrons. The van der Waals surface area contributed by atoms with Crippen LogP contribution in [0.1, 0.15) is 41.2 Å². The van der Waals surface area contributed by atoms with Gasteiger partial charge in [-0.2, -0.15) is 0 Å². The first kappa shape index (κ1) is 22.7. The number of nitrogens with zero attached hydrogens (tertiary/aromatic N) is 7. The van der Waals surface area contributed by atoms with Crippen molar-refractivity contribution in [3.63, 3.8) is 0 Å². The second-order valence-electron chi connectivity index (χ2n) is 7.98. The Morgan fingerprint density at radius 1 is 1.17 bits per heavy atom. The van der Waals surface area contributed by atoms with Crippen molar-refractivity contribution in [3.05, 3.63) is 72.6 Å². The zero-order chi connectivity index (χ0) is 24.6. The van der Waals surface area contributed by atoms with E-state index >= 15 is 0 Å². The summed E-state index contributed by atoms with van der Waals surface area (Å²) in [6.45, 7) is 0. The fourth-order valence-corrected chi connectivity index (χ4v) is 3.67. The lowest BCUT2D eigenvalue weighted by atomic mass is 10.2. The minimum atomic E-state index is -3.92. The van der Waals surface area contributed by atoms with Gasteiger partial charge in [0, 0.05) is 30.6 Å². The van der Waals surface area contributed by atoms with Gasteiger partial charge in [-0.3, -0.25) is 4.79 Å². The smallest absolute Gasteiger partial charge is 0.319 e. The summed E-state index contributed by atoms with van der Waals surface area (Å²) in [6.07, 6.45) is 4.05. The SMILES string of the molecule is COC(c1cn(-c2cccc(C(=O)Nc3cccc(-c4nncn4C4CC4)n3)c2)cn1)[N+](F)(F)F.